The van der Waals surface area contributed by atoms with Crippen LogP contribution in [0.1, 0.15) is 65.7 Å². The maximum Gasteiger partial charge on any atom is 0.0692 e. The van der Waals surface area contributed by atoms with Gasteiger partial charge in [-0.3, -0.25) is 0 Å². The summed E-state index contributed by atoms with van der Waals surface area (Å²) in [5, 5.41) is 18.9. The zero-order valence-corrected chi connectivity index (χ0v) is 12.6. The van der Waals surface area contributed by atoms with Crippen LogP contribution in [0.3, 0.4) is 0 Å². The van der Waals surface area contributed by atoms with Crippen LogP contribution in [0.25, 0.3) is 0 Å². The molecular weight excluding hydrogens is 232 g/mol. The van der Waals surface area contributed by atoms with Crippen LogP contribution in [-0.4, -0.2) is 0 Å². The fourth-order valence-corrected chi connectivity index (χ4v) is 4.14. The zero-order valence-electron chi connectivity index (χ0n) is 12.6. The lowest BCUT2D eigenvalue weighted by Gasteiger charge is -2.41. The van der Waals surface area contributed by atoms with Crippen LogP contribution < -0.4 is 0 Å². The van der Waals surface area contributed by atoms with E-state index in [-0.39, 0.29) is 10.8 Å². The summed E-state index contributed by atoms with van der Waals surface area (Å²) in [4.78, 5) is 0. The Morgan fingerprint density at radius 1 is 1.05 bits per heavy atom. The first-order chi connectivity index (χ1) is 8.98. The second-order valence-electron chi connectivity index (χ2n) is 7.29. The van der Waals surface area contributed by atoms with Crippen molar-refractivity contribution in [2.24, 2.45) is 28.6 Å². The summed E-state index contributed by atoms with van der Waals surface area (Å²) in [6.07, 6.45) is 7.82. The zero-order chi connectivity index (χ0) is 14.1. The highest BCUT2D eigenvalue weighted by Crippen LogP contribution is 2.53. The van der Waals surface area contributed by atoms with Crippen molar-refractivity contribution in [1.82, 2.24) is 0 Å². The van der Waals surface area contributed by atoms with Crippen molar-refractivity contribution < 1.29 is 0 Å². The van der Waals surface area contributed by atoms with Gasteiger partial charge in [0.2, 0.25) is 0 Å². The van der Waals surface area contributed by atoms with E-state index in [9.17, 15) is 10.5 Å². The van der Waals surface area contributed by atoms with E-state index in [2.05, 4.69) is 32.9 Å². The van der Waals surface area contributed by atoms with E-state index in [1.165, 1.54) is 12.8 Å². The highest BCUT2D eigenvalue weighted by molar-refractivity contribution is 5.09. The molecule has 2 fully saturated rings. The Balaban J connectivity index is 1.96. The Morgan fingerprint density at radius 3 is 2.05 bits per heavy atom. The average molecular weight is 258 g/mol. The second kappa shape index (κ2) is 5.16. The third kappa shape index (κ3) is 2.38. The molecule has 0 bridgehead atoms. The van der Waals surface area contributed by atoms with Gasteiger partial charge in [-0.05, 0) is 56.3 Å². The number of hydrogen-bond donors (Lipinski definition) is 0. The Bertz CT molecular complexity index is 408. The van der Waals surface area contributed by atoms with E-state index in [0.717, 1.165) is 32.1 Å². The molecule has 0 aromatic carbocycles. The first-order valence-corrected chi connectivity index (χ1v) is 7.80. The second-order valence-corrected chi connectivity index (χ2v) is 7.29. The molecule has 0 heterocycles. The summed E-state index contributed by atoms with van der Waals surface area (Å²) >= 11 is 0. The molecule has 2 saturated carbocycles. The van der Waals surface area contributed by atoms with Gasteiger partial charge in [-0.1, -0.05) is 27.2 Å². The third-order valence-electron chi connectivity index (χ3n) is 6.08. The van der Waals surface area contributed by atoms with Crippen LogP contribution in [-0.2, 0) is 0 Å². The fraction of sp³-hybridized carbons (Fsp3) is 0.882. The van der Waals surface area contributed by atoms with E-state index in [0.29, 0.717) is 17.8 Å². The molecule has 0 aromatic rings. The van der Waals surface area contributed by atoms with E-state index >= 15 is 0 Å². The molecule has 2 aliphatic carbocycles. The van der Waals surface area contributed by atoms with E-state index in [1.807, 2.05) is 0 Å². The smallest absolute Gasteiger partial charge is 0.0692 e. The third-order valence-corrected chi connectivity index (χ3v) is 6.08. The summed E-state index contributed by atoms with van der Waals surface area (Å²) in [5.74, 6) is 1.60. The molecular formula is C17H26N2. The topological polar surface area (TPSA) is 47.6 Å². The van der Waals surface area contributed by atoms with Crippen molar-refractivity contribution in [3.05, 3.63) is 0 Å². The normalized spacial score (nSPS) is 34.3. The van der Waals surface area contributed by atoms with Gasteiger partial charge in [0.1, 0.15) is 0 Å². The molecule has 0 N–H and O–H groups in total. The van der Waals surface area contributed by atoms with Gasteiger partial charge < -0.3 is 0 Å². The molecule has 2 aliphatic rings. The van der Waals surface area contributed by atoms with E-state index in [4.69, 9.17) is 0 Å². The molecule has 0 saturated heterocycles. The molecule has 0 radical (unpaired) electrons. The summed E-state index contributed by atoms with van der Waals surface area (Å²) in [5.41, 5.74) is -0.125. The first kappa shape index (κ1) is 14.4. The quantitative estimate of drug-likeness (QED) is 0.735. The molecule has 0 amide bonds. The summed E-state index contributed by atoms with van der Waals surface area (Å²) in [6, 6.07) is 5.18. The number of nitriles is 2. The lowest BCUT2D eigenvalue weighted by Crippen LogP contribution is -2.35. The number of nitrogens with zero attached hydrogens (tertiary/aromatic N) is 2. The molecule has 2 heteroatoms. The van der Waals surface area contributed by atoms with Gasteiger partial charge in [0.15, 0.2) is 0 Å². The minimum absolute atomic E-state index is 0.0320. The van der Waals surface area contributed by atoms with Crippen molar-refractivity contribution in [2.45, 2.75) is 65.7 Å². The summed E-state index contributed by atoms with van der Waals surface area (Å²) in [7, 11) is 0. The predicted molar refractivity (Wildman–Crippen MR) is 75.9 cm³/mol. The minimum Gasteiger partial charge on any atom is -0.198 e. The molecule has 2 unspecified atom stereocenters. The van der Waals surface area contributed by atoms with Crippen molar-refractivity contribution in [3.63, 3.8) is 0 Å². The van der Waals surface area contributed by atoms with Crippen LogP contribution in [0.15, 0.2) is 0 Å². The fourth-order valence-electron chi connectivity index (χ4n) is 4.14. The summed E-state index contributed by atoms with van der Waals surface area (Å²) in [6.45, 7) is 6.61. The Morgan fingerprint density at radius 2 is 1.68 bits per heavy atom. The van der Waals surface area contributed by atoms with Crippen molar-refractivity contribution in [1.29, 1.82) is 10.5 Å². The van der Waals surface area contributed by atoms with Crippen molar-refractivity contribution in [3.8, 4) is 12.1 Å². The predicted octanol–water partition coefficient (Wildman–Crippen LogP) is 4.67. The molecule has 0 aliphatic heterocycles. The molecule has 3 atom stereocenters. The maximum absolute atomic E-state index is 9.50. The Hall–Kier alpha value is -1.02. The van der Waals surface area contributed by atoms with E-state index in [1.54, 1.807) is 0 Å². The highest BCUT2D eigenvalue weighted by atomic mass is 14.5. The van der Waals surface area contributed by atoms with Gasteiger partial charge in [-0.2, -0.15) is 10.5 Å². The maximum atomic E-state index is 9.50. The van der Waals surface area contributed by atoms with Gasteiger partial charge in [-0.15, -0.1) is 0 Å². The SMILES string of the molecule is CC(C)C1(C#N)CCC(C[C@H](C)C2(C#N)CCC2)C1. The largest absolute Gasteiger partial charge is 0.198 e. The van der Waals surface area contributed by atoms with Gasteiger partial charge in [-0.25, -0.2) is 0 Å². The first-order valence-electron chi connectivity index (χ1n) is 7.80. The standard InChI is InChI=1S/C17H26N2/c1-13(2)17(12-19)8-5-15(10-17)9-14(3)16(11-18)6-4-7-16/h13-15H,4-10H2,1-3H3/t14-,15?,17?/m0/s1. The monoisotopic (exact) mass is 258 g/mol. The van der Waals surface area contributed by atoms with Crippen LogP contribution >= 0.6 is 0 Å². The lowest BCUT2D eigenvalue weighted by atomic mass is 9.60. The molecule has 2 rings (SSSR count). The van der Waals surface area contributed by atoms with Crippen molar-refractivity contribution in [2.75, 3.05) is 0 Å². The van der Waals surface area contributed by atoms with Gasteiger partial charge in [0, 0.05) is 0 Å². The average Bonchev–Trinajstić information content (AvgIpc) is 2.73. The lowest BCUT2D eigenvalue weighted by molar-refractivity contribution is 0.107. The number of hydrogen-bond acceptors (Lipinski definition) is 2. The van der Waals surface area contributed by atoms with Crippen LogP contribution in [0.2, 0.25) is 0 Å². The van der Waals surface area contributed by atoms with Crippen LogP contribution in [0.5, 0.6) is 0 Å². The number of rotatable bonds is 4. The van der Waals surface area contributed by atoms with Crippen LogP contribution in [0, 0.1) is 51.2 Å². The molecule has 19 heavy (non-hydrogen) atoms. The van der Waals surface area contributed by atoms with Crippen molar-refractivity contribution >= 4 is 0 Å². The van der Waals surface area contributed by atoms with Crippen LogP contribution in [0.4, 0.5) is 0 Å². The molecule has 0 aromatic heterocycles. The van der Waals surface area contributed by atoms with Gasteiger partial charge in [0.05, 0.1) is 23.0 Å². The summed E-state index contributed by atoms with van der Waals surface area (Å²) < 4.78 is 0. The molecule has 2 nitrogen and oxygen atoms in total. The Labute approximate surface area is 117 Å². The van der Waals surface area contributed by atoms with E-state index < -0.39 is 0 Å². The Kier molecular flexibility index (Phi) is 3.91. The van der Waals surface area contributed by atoms with Gasteiger partial charge in [0.25, 0.3) is 0 Å². The molecule has 104 valence electrons. The van der Waals surface area contributed by atoms with Gasteiger partial charge >= 0.3 is 0 Å². The highest BCUT2D eigenvalue weighted by Gasteiger charge is 2.46. The minimum atomic E-state index is -0.0934. The molecule has 0 spiro atoms.